The quantitative estimate of drug-likeness (QED) is 0.656. The maximum atomic E-state index is 10.3. The molecule has 0 bridgehead atoms. The molecule has 0 amide bonds. The molecule has 2 aromatic carbocycles. The number of hydrogen-bond donors (Lipinski definition) is 3. The van der Waals surface area contributed by atoms with Gasteiger partial charge in [0.1, 0.15) is 11.9 Å². The molecule has 0 saturated heterocycles. The Morgan fingerprint density at radius 2 is 1.30 bits per heavy atom. The van der Waals surface area contributed by atoms with Crippen molar-refractivity contribution in [1.82, 2.24) is 9.97 Å². The van der Waals surface area contributed by atoms with E-state index in [0.29, 0.717) is 24.4 Å². The number of aliphatic hydroxyl groups excluding tert-OH is 2. The molecule has 0 saturated carbocycles. The minimum atomic E-state index is -0.713. The van der Waals surface area contributed by atoms with Crippen LogP contribution >= 0.6 is 0 Å². The number of aromatic nitrogens is 2. The van der Waals surface area contributed by atoms with Crippen molar-refractivity contribution in [3.05, 3.63) is 89.5 Å². The van der Waals surface area contributed by atoms with Crippen LogP contribution in [0.3, 0.4) is 0 Å². The van der Waals surface area contributed by atoms with Gasteiger partial charge in [0.15, 0.2) is 0 Å². The molecule has 0 unspecified atom stereocenters. The molecule has 0 radical (unpaired) electrons. The summed E-state index contributed by atoms with van der Waals surface area (Å²) >= 11 is 0. The molecule has 4 heteroatoms. The van der Waals surface area contributed by atoms with Crippen molar-refractivity contribution in [1.29, 1.82) is 0 Å². The van der Waals surface area contributed by atoms with Crippen molar-refractivity contribution in [2.75, 3.05) is 0 Å². The minimum absolute atomic E-state index is 0.482. The van der Waals surface area contributed by atoms with Gasteiger partial charge in [-0.15, -0.1) is 0 Å². The Balaban J connectivity index is 1.65. The number of nitrogens with one attached hydrogen (secondary N) is 1. The molecule has 1 heterocycles. The van der Waals surface area contributed by atoms with Gasteiger partial charge in [-0.1, -0.05) is 60.7 Å². The molecule has 0 aliphatic carbocycles. The number of hydrogen-bond acceptors (Lipinski definition) is 3. The number of H-pyrrole nitrogens is 1. The molecule has 0 aliphatic rings. The Morgan fingerprint density at radius 1 is 0.783 bits per heavy atom. The Kier molecular flexibility index (Phi) is 4.86. The number of aliphatic hydroxyl groups is 2. The number of nitrogens with zero attached hydrogens (tertiary/aromatic N) is 1. The number of benzene rings is 2. The molecule has 2 atom stereocenters. The van der Waals surface area contributed by atoms with Gasteiger partial charge < -0.3 is 15.2 Å². The zero-order valence-electron chi connectivity index (χ0n) is 12.8. The third-order valence-electron chi connectivity index (χ3n) is 3.83. The SMILES string of the molecule is O[C@H](Cc1ccccc1)c1cnc([C@H](O)Cc2ccccc2)[nH]1. The Bertz CT molecular complexity index is 663. The number of rotatable bonds is 6. The summed E-state index contributed by atoms with van der Waals surface area (Å²) in [5.74, 6) is 0.482. The molecule has 23 heavy (non-hydrogen) atoms. The highest BCUT2D eigenvalue weighted by Crippen LogP contribution is 2.20. The second-order valence-corrected chi connectivity index (χ2v) is 5.63. The molecule has 3 N–H and O–H groups in total. The lowest BCUT2D eigenvalue weighted by molar-refractivity contribution is 0.163. The van der Waals surface area contributed by atoms with Crippen molar-refractivity contribution >= 4 is 0 Å². The van der Waals surface area contributed by atoms with E-state index in [1.54, 1.807) is 6.20 Å². The van der Waals surface area contributed by atoms with E-state index in [1.165, 1.54) is 0 Å². The van der Waals surface area contributed by atoms with Crippen LogP contribution in [0.4, 0.5) is 0 Å². The lowest BCUT2D eigenvalue weighted by atomic mass is 10.1. The molecule has 4 nitrogen and oxygen atoms in total. The first-order valence-corrected chi connectivity index (χ1v) is 7.71. The molecular weight excluding hydrogens is 288 g/mol. The second kappa shape index (κ2) is 7.22. The third kappa shape index (κ3) is 4.06. The smallest absolute Gasteiger partial charge is 0.135 e. The van der Waals surface area contributed by atoms with Gasteiger partial charge in [0.05, 0.1) is 18.0 Å². The highest BCUT2D eigenvalue weighted by molar-refractivity contribution is 5.19. The molecule has 1 aromatic heterocycles. The van der Waals surface area contributed by atoms with Gasteiger partial charge in [-0.3, -0.25) is 0 Å². The molecule has 0 aliphatic heterocycles. The standard InChI is InChI=1S/C19H20N2O2/c22-17(11-14-7-3-1-4-8-14)16-13-20-19(21-16)18(23)12-15-9-5-2-6-10-15/h1-10,13,17-18,22-23H,11-12H2,(H,20,21)/t17-,18-/m1/s1. The van der Waals surface area contributed by atoms with Crippen LogP contribution in [0.1, 0.15) is 34.9 Å². The summed E-state index contributed by atoms with van der Waals surface area (Å²) in [7, 11) is 0. The lowest BCUT2D eigenvalue weighted by Crippen LogP contribution is -2.06. The van der Waals surface area contributed by atoms with Crippen LogP contribution < -0.4 is 0 Å². The minimum Gasteiger partial charge on any atom is -0.386 e. The van der Waals surface area contributed by atoms with Gasteiger partial charge >= 0.3 is 0 Å². The van der Waals surface area contributed by atoms with E-state index in [0.717, 1.165) is 11.1 Å². The number of imidazole rings is 1. The summed E-state index contributed by atoms with van der Waals surface area (Å²) in [6.07, 6.45) is 1.22. The largest absolute Gasteiger partial charge is 0.386 e. The number of aromatic amines is 1. The van der Waals surface area contributed by atoms with Crippen LogP contribution in [0.25, 0.3) is 0 Å². The molecular formula is C19H20N2O2. The van der Waals surface area contributed by atoms with Gasteiger partial charge in [0.2, 0.25) is 0 Å². The summed E-state index contributed by atoms with van der Waals surface area (Å²) in [5.41, 5.74) is 2.72. The first-order chi connectivity index (χ1) is 11.2. The first-order valence-electron chi connectivity index (χ1n) is 7.71. The predicted molar refractivity (Wildman–Crippen MR) is 88.8 cm³/mol. The van der Waals surface area contributed by atoms with Crippen molar-refractivity contribution in [2.45, 2.75) is 25.0 Å². The average Bonchev–Trinajstić information content (AvgIpc) is 3.07. The summed E-state index contributed by atoms with van der Waals surface area (Å²) in [5, 5.41) is 20.6. The first kappa shape index (κ1) is 15.5. The molecule has 0 spiro atoms. The van der Waals surface area contributed by atoms with Crippen LogP contribution in [-0.4, -0.2) is 20.2 Å². The van der Waals surface area contributed by atoms with E-state index < -0.39 is 12.2 Å². The van der Waals surface area contributed by atoms with E-state index >= 15 is 0 Å². The van der Waals surface area contributed by atoms with E-state index in [4.69, 9.17) is 0 Å². The highest BCUT2D eigenvalue weighted by Gasteiger charge is 2.16. The zero-order valence-corrected chi connectivity index (χ0v) is 12.8. The Hall–Kier alpha value is -2.43. The van der Waals surface area contributed by atoms with Crippen LogP contribution in [-0.2, 0) is 12.8 Å². The fraction of sp³-hybridized carbons (Fsp3) is 0.211. The van der Waals surface area contributed by atoms with E-state index in [2.05, 4.69) is 9.97 Å². The van der Waals surface area contributed by atoms with Gasteiger partial charge in [0, 0.05) is 12.8 Å². The lowest BCUT2D eigenvalue weighted by Gasteiger charge is -2.10. The van der Waals surface area contributed by atoms with Gasteiger partial charge in [0.25, 0.3) is 0 Å². The van der Waals surface area contributed by atoms with E-state index in [9.17, 15) is 10.2 Å². The summed E-state index contributed by atoms with van der Waals surface area (Å²) in [6.45, 7) is 0. The summed E-state index contributed by atoms with van der Waals surface area (Å²) < 4.78 is 0. The van der Waals surface area contributed by atoms with Crippen LogP contribution in [0.5, 0.6) is 0 Å². The van der Waals surface area contributed by atoms with Crippen molar-refractivity contribution in [3.8, 4) is 0 Å². The van der Waals surface area contributed by atoms with E-state index in [1.807, 2.05) is 60.7 Å². The maximum absolute atomic E-state index is 10.3. The summed E-state index contributed by atoms with van der Waals surface area (Å²) in [4.78, 5) is 7.25. The van der Waals surface area contributed by atoms with E-state index in [-0.39, 0.29) is 0 Å². The maximum Gasteiger partial charge on any atom is 0.135 e. The normalized spacial score (nSPS) is 13.7. The zero-order chi connectivity index (χ0) is 16.1. The second-order valence-electron chi connectivity index (χ2n) is 5.63. The van der Waals surface area contributed by atoms with Crippen LogP contribution in [0.15, 0.2) is 66.9 Å². The van der Waals surface area contributed by atoms with Crippen LogP contribution in [0.2, 0.25) is 0 Å². The average molecular weight is 308 g/mol. The highest BCUT2D eigenvalue weighted by atomic mass is 16.3. The van der Waals surface area contributed by atoms with Gasteiger partial charge in [-0.25, -0.2) is 4.98 Å². The predicted octanol–water partition coefficient (Wildman–Crippen LogP) is 2.96. The fourth-order valence-corrected chi connectivity index (χ4v) is 2.57. The third-order valence-corrected chi connectivity index (χ3v) is 3.83. The Labute approximate surface area is 135 Å². The van der Waals surface area contributed by atoms with Gasteiger partial charge in [-0.2, -0.15) is 0 Å². The monoisotopic (exact) mass is 308 g/mol. The fourth-order valence-electron chi connectivity index (χ4n) is 2.57. The van der Waals surface area contributed by atoms with Crippen molar-refractivity contribution < 1.29 is 10.2 Å². The van der Waals surface area contributed by atoms with Gasteiger partial charge in [-0.05, 0) is 11.1 Å². The Morgan fingerprint density at radius 3 is 1.87 bits per heavy atom. The van der Waals surface area contributed by atoms with Crippen LogP contribution in [0, 0.1) is 0 Å². The van der Waals surface area contributed by atoms with Crippen molar-refractivity contribution in [2.24, 2.45) is 0 Å². The van der Waals surface area contributed by atoms with Crippen molar-refractivity contribution in [3.63, 3.8) is 0 Å². The molecule has 118 valence electrons. The molecule has 0 fully saturated rings. The topological polar surface area (TPSA) is 69.1 Å². The molecule has 3 rings (SSSR count). The summed E-state index contributed by atoms with van der Waals surface area (Å²) in [6, 6.07) is 19.6. The molecule has 3 aromatic rings.